The Kier molecular flexibility index (Phi) is 7.56. The predicted molar refractivity (Wildman–Crippen MR) is 113 cm³/mol. The molecule has 0 atom stereocenters. The number of carbonyl (C=O) groups excluding carboxylic acids is 2. The van der Waals surface area contributed by atoms with Gasteiger partial charge in [0, 0.05) is 23.9 Å². The molecule has 0 spiro atoms. The van der Waals surface area contributed by atoms with Crippen LogP contribution in [0.25, 0.3) is 6.08 Å². The third-order valence-corrected chi connectivity index (χ3v) is 6.67. The number of thioether (sulfide) groups is 1. The number of carboxylic acid groups (broad SMARTS) is 1. The topological polar surface area (TPSA) is 99.6 Å². The highest BCUT2D eigenvalue weighted by Gasteiger charge is 2.29. The van der Waals surface area contributed by atoms with E-state index in [-0.39, 0.29) is 18.2 Å². The fourth-order valence-corrected chi connectivity index (χ4v) is 4.85. The number of thiazole rings is 1. The van der Waals surface area contributed by atoms with E-state index in [1.807, 2.05) is 0 Å². The van der Waals surface area contributed by atoms with Gasteiger partial charge in [-0.15, -0.1) is 11.3 Å². The molecule has 0 saturated carbocycles. The normalized spacial score (nSPS) is 13.8. The maximum absolute atomic E-state index is 12.6. The van der Waals surface area contributed by atoms with Gasteiger partial charge in [0.05, 0.1) is 30.1 Å². The first-order valence-corrected chi connectivity index (χ1v) is 11.2. The number of nitrogens with zero attached hydrogens (tertiary/aromatic N) is 2. The maximum Gasteiger partial charge on any atom is 0.416 e. The summed E-state index contributed by atoms with van der Waals surface area (Å²) in [7, 11) is 0. The molecule has 0 saturated heterocycles. The molecule has 170 valence electrons. The van der Waals surface area contributed by atoms with Crippen LogP contribution in [0.3, 0.4) is 0 Å². The van der Waals surface area contributed by atoms with Crippen LogP contribution in [-0.2, 0) is 33.5 Å². The van der Waals surface area contributed by atoms with Gasteiger partial charge in [-0.25, -0.2) is 4.98 Å². The number of fused-ring (bicyclic) bond motifs is 1. The largest absolute Gasteiger partial charge is 0.481 e. The van der Waals surface area contributed by atoms with Crippen LogP contribution >= 0.6 is 23.1 Å². The molecule has 1 aromatic heterocycles. The number of amides is 2. The average Bonchev–Trinajstić information content (AvgIpc) is 3.16. The molecule has 3 rings (SSSR count). The molecule has 0 fully saturated rings. The zero-order valence-corrected chi connectivity index (χ0v) is 18.1. The first kappa shape index (κ1) is 23.8. The molecule has 0 bridgehead atoms. The van der Waals surface area contributed by atoms with E-state index in [2.05, 4.69) is 10.3 Å². The minimum Gasteiger partial charge on any atom is -0.481 e. The number of hydrogen-bond acceptors (Lipinski definition) is 6. The highest BCUT2D eigenvalue weighted by Crippen LogP contribution is 2.31. The number of aromatic nitrogens is 1. The highest BCUT2D eigenvalue weighted by molar-refractivity contribution is 8.01. The Balaban J connectivity index is 1.48. The molecule has 7 nitrogen and oxygen atoms in total. The molecule has 0 aliphatic carbocycles. The van der Waals surface area contributed by atoms with Crippen molar-refractivity contribution >= 4 is 47.0 Å². The Morgan fingerprint density at radius 2 is 1.97 bits per heavy atom. The summed E-state index contributed by atoms with van der Waals surface area (Å²) in [6.45, 7) is 0.567. The van der Waals surface area contributed by atoms with E-state index < -0.39 is 23.6 Å². The number of rotatable bonds is 7. The summed E-state index contributed by atoms with van der Waals surface area (Å²) in [5.41, 5.74) is 0.503. The van der Waals surface area contributed by atoms with Gasteiger partial charge in [-0.2, -0.15) is 13.2 Å². The lowest BCUT2D eigenvalue weighted by molar-refractivity contribution is -0.137. The third kappa shape index (κ3) is 6.57. The SMILES string of the molecule is O=C(O)CSc1nc2c(s1)CN(C(=O)CNC(=O)/C=C/c1ccc(C(F)(F)F)cc1)CC2. The zero-order chi connectivity index (χ0) is 23.3. The maximum atomic E-state index is 12.6. The molecule has 0 radical (unpaired) electrons. The van der Waals surface area contributed by atoms with E-state index in [9.17, 15) is 27.6 Å². The lowest BCUT2D eigenvalue weighted by Crippen LogP contribution is -2.42. The Morgan fingerprint density at radius 1 is 1.25 bits per heavy atom. The van der Waals surface area contributed by atoms with Gasteiger partial charge in [0.2, 0.25) is 11.8 Å². The van der Waals surface area contributed by atoms with Crippen molar-refractivity contribution < 1.29 is 32.7 Å². The summed E-state index contributed by atoms with van der Waals surface area (Å²) in [6, 6.07) is 4.36. The van der Waals surface area contributed by atoms with Crippen molar-refractivity contribution in [2.75, 3.05) is 18.8 Å². The van der Waals surface area contributed by atoms with Gasteiger partial charge >= 0.3 is 12.1 Å². The summed E-state index contributed by atoms with van der Waals surface area (Å²) in [6.07, 6.45) is -1.36. The molecule has 0 unspecified atom stereocenters. The van der Waals surface area contributed by atoms with Crippen molar-refractivity contribution in [3.8, 4) is 0 Å². The van der Waals surface area contributed by atoms with Crippen LogP contribution in [0.2, 0.25) is 0 Å². The van der Waals surface area contributed by atoms with Gasteiger partial charge < -0.3 is 15.3 Å². The Bertz CT molecular complexity index is 1040. The first-order chi connectivity index (χ1) is 15.1. The lowest BCUT2D eigenvalue weighted by atomic mass is 10.1. The average molecular weight is 486 g/mol. The van der Waals surface area contributed by atoms with Crippen LogP contribution in [0.4, 0.5) is 13.2 Å². The predicted octanol–water partition coefficient (Wildman–Crippen LogP) is 3.05. The van der Waals surface area contributed by atoms with E-state index in [1.165, 1.54) is 29.5 Å². The fourth-order valence-electron chi connectivity index (χ4n) is 2.86. The second-order valence-corrected chi connectivity index (χ2v) is 9.07. The van der Waals surface area contributed by atoms with Crippen molar-refractivity contribution in [1.29, 1.82) is 0 Å². The summed E-state index contributed by atoms with van der Waals surface area (Å²) in [5.74, 6) is -1.83. The molecule has 2 amide bonds. The molecule has 1 aliphatic heterocycles. The number of halogens is 3. The van der Waals surface area contributed by atoms with Gasteiger partial charge in [0.1, 0.15) is 0 Å². The second-order valence-electron chi connectivity index (χ2n) is 6.77. The molecule has 2 aromatic rings. The summed E-state index contributed by atoms with van der Waals surface area (Å²) >= 11 is 2.49. The summed E-state index contributed by atoms with van der Waals surface area (Å²) in [5, 5.41) is 11.2. The van der Waals surface area contributed by atoms with Gasteiger partial charge in [0.25, 0.3) is 0 Å². The number of nitrogens with one attached hydrogen (secondary N) is 1. The quantitative estimate of drug-likeness (QED) is 0.462. The minimum absolute atomic E-state index is 0.0823. The van der Waals surface area contributed by atoms with Gasteiger partial charge in [-0.05, 0) is 23.8 Å². The smallest absolute Gasteiger partial charge is 0.416 e. The van der Waals surface area contributed by atoms with E-state index in [4.69, 9.17) is 5.11 Å². The molecule has 32 heavy (non-hydrogen) atoms. The van der Waals surface area contributed by atoms with Crippen LogP contribution < -0.4 is 5.32 Å². The number of hydrogen-bond donors (Lipinski definition) is 2. The van der Waals surface area contributed by atoms with Crippen molar-refractivity contribution in [2.45, 2.75) is 23.5 Å². The highest BCUT2D eigenvalue weighted by atomic mass is 32.2. The van der Waals surface area contributed by atoms with Crippen molar-refractivity contribution in [1.82, 2.24) is 15.2 Å². The standard InChI is InChI=1S/C20H18F3N3O4S2/c21-20(22,23)13-4-1-12(2-5-13)3-6-16(27)24-9-17(28)26-8-7-14-15(10-26)32-19(25-14)31-11-18(29)30/h1-6H,7-11H2,(H,24,27)(H,29,30)/b6-3+. The van der Waals surface area contributed by atoms with Gasteiger partial charge in [-0.1, -0.05) is 23.9 Å². The number of carbonyl (C=O) groups is 3. The number of aliphatic carboxylic acids is 1. The minimum atomic E-state index is -4.42. The van der Waals surface area contributed by atoms with Crippen molar-refractivity contribution in [2.24, 2.45) is 0 Å². The Morgan fingerprint density at radius 3 is 2.62 bits per heavy atom. The van der Waals surface area contributed by atoms with Gasteiger partial charge in [-0.3, -0.25) is 14.4 Å². The monoisotopic (exact) mass is 485 g/mol. The molecule has 1 aliphatic rings. The van der Waals surface area contributed by atoms with E-state index in [0.29, 0.717) is 29.4 Å². The van der Waals surface area contributed by atoms with Crippen molar-refractivity contribution in [3.63, 3.8) is 0 Å². The first-order valence-electron chi connectivity index (χ1n) is 9.36. The van der Waals surface area contributed by atoms with E-state index in [0.717, 1.165) is 40.5 Å². The molecular weight excluding hydrogens is 467 g/mol. The van der Waals surface area contributed by atoms with Crippen LogP contribution in [0.15, 0.2) is 34.7 Å². The third-order valence-electron chi connectivity index (χ3n) is 4.46. The fraction of sp³-hybridized carbons (Fsp3) is 0.300. The van der Waals surface area contributed by atoms with Crippen molar-refractivity contribution in [3.05, 3.63) is 52.0 Å². The number of benzene rings is 1. The summed E-state index contributed by atoms with van der Waals surface area (Å²) in [4.78, 5) is 41.9. The van der Waals surface area contributed by atoms with E-state index >= 15 is 0 Å². The number of alkyl halides is 3. The second kappa shape index (κ2) is 10.2. The molecule has 1 aromatic carbocycles. The molecule has 12 heteroatoms. The number of carboxylic acids is 1. The van der Waals surface area contributed by atoms with Crippen LogP contribution in [0, 0.1) is 0 Å². The zero-order valence-electron chi connectivity index (χ0n) is 16.5. The van der Waals surface area contributed by atoms with Crippen LogP contribution in [0.1, 0.15) is 21.7 Å². The Labute approximate surface area is 189 Å². The molecular formula is C20H18F3N3O4S2. The van der Waals surface area contributed by atoms with E-state index in [1.54, 1.807) is 4.90 Å². The Hall–Kier alpha value is -2.86. The van der Waals surface area contributed by atoms with Gasteiger partial charge in [0.15, 0.2) is 4.34 Å². The molecule has 2 heterocycles. The lowest BCUT2D eigenvalue weighted by Gasteiger charge is -2.26. The molecule has 2 N–H and O–H groups in total. The van der Waals surface area contributed by atoms with Crippen LogP contribution in [-0.4, -0.2) is 51.6 Å². The van der Waals surface area contributed by atoms with Crippen LogP contribution in [0.5, 0.6) is 0 Å². The summed E-state index contributed by atoms with van der Waals surface area (Å²) < 4.78 is 38.3.